The van der Waals surface area contributed by atoms with Crippen LogP contribution < -0.4 is 0 Å². The number of hydrogen-bond donors (Lipinski definition) is 0. The van der Waals surface area contributed by atoms with Crippen molar-refractivity contribution in [3.63, 3.8) is 0 Å². The molecular weight excluding hydrogens is 390 g/mol. The third kappa shape index (κ3) is 3.21. The first-order chi connectivity index (χ1) is 14.5. The van der Waals surface area contributed by atoms with Crippen LogP contribution >= 0.6 is 0 Å². The number of imidazole rings is 1. The van der Waals surface area contributed by atoms with Crippen molar-refractivity contribution in [1.82, 2.24) is 19.2 Å². The van der Waals surface area contributed by atoms with Gasteiger partial charge in [-0.15, -0.1) is 0 Å². The molecule has 3 aliphatic heterocycles. The van der Waals surface area contributed by atoms with Gasteiger partial charge in [-0.05, 0) is 11.1 Å². The molecular formula is C23H23N5OSi. The van der Waals surface area contributed by atoms with Crippen molar-refractivity contribution in [3.8, 4) is 11.5 Å². The van der Waals surface area contributed by atoms with E-state index in [4.69, 9.17) is 9.73 Å². The summed E-state index contributed by atoms with van der Waals surface area (Å²) in [4.78, 5) is 18.4. The number of ether oxygens (including phenoxy) is 1. The average Bonchev–Trinajstić information content (AvgIpc) is 3.41. The van der Waals surface area contributed by atoms with E-state index >= 15 is 0 Å². The standard InChI is InChI=1S/C23H23N5OSi/c1-30(2,3)28-15-26-22-19(24-14-25-22)20(28)23-27-18(16-10-6-4-7-11-16)21(29-23)17-12-8-5-9-13-17/h4-15,18,21H,1-3H3. The molecule has 0 spiro atoms. The summed E-state index contributed by atoms with van der Waals surface area (Å²) >= 11 is 0. The summed E-state index contributed by atoms with van der Waals surface area (Å²) < 4.78 is 8.78. The highest BCUT2D eigenvalue weighted by atomic mass is 28.3. The molecule has 0 N–H and O–H groups in total. The third-order valence-corrected chi connectivity index (χ3v) is 7.10. The molecule has 3 heterocycles. The van der Waals surface area contributed by atoms with Crippen molar-refractivity contribution in [2.75, 3.05) is 0 Å². The Balaban J connectivity index is 1.68. The molecule has 0 aromatic heterocycles. The van der Waals surface area contributed by atoms with Gasteiger partial charge in [0.1, 0.15) is 23.8 Å². The van der Waals surface area contributed by atoms with Crippen LogP contribution in [0.5, 0.6) is 0 Å². The highest BCUT2D eigenvalue weighted by Gasteiger charge is 2.38. The fraction of sp³-hybridized carbons (Fsp3) is 0.217. The molecule has 0 amide bonds. The first-order valence-electron chi connectivity index (χ1n) is 10.1. The highest BCUT2D eigenvalue weighted by molar-refractivity contribution is 6.74. The summed E-state index contributed by atoms with van der Waals surface area (Å²) in [5, 5.41) is 0. The molecule has 6 nitrogen and oxygen atoms in total. The fourth-order valence-electron chi connectivity index (χ4n) is 3.84. The summed E-state index contributed by atoms with van der Waals surface area (Å²) in [7, 11) is -1.81. The van der Waals surface area contributed by atoms with Crippen molar-refractivity contribution in [2.24, 2.45) is 4.99 Å². The molecule has 0 bridgehead atoms. The lowest BCUT2D eigenvalue weighted by Crippen LogP contribution is -2.37. The van der Waals surface area contributed by atoms with E-state index in [1.807, 2.05) is 42.7 Å². The second-order valence-corrected chi connectivity index (χ2v) is 13.2. The molecule has 0 radical (unpaired) electrons. The summed E-state index contributed by atoms with van der Waals surface area (Å²) in [5.41, 5.74) is 3.83. The van der Waals surface area contributed by atoms with Gasteiger partial charge in [-0.25, -0.2) is 19.9 Å². The van der Waals surface area contributed by atoms with Gasteiger partial charge in [0, 0.05) is 0 Å². The van der Waals surface area contributed by atoms with Crippen LogP contribution in [-0.4, -0.2) is 33.3 Å². The van der Waals surface area contributed by atoms with Gasteiger partial charge in [-0.1, -0.05) is 80.3 Å². The van der Waals surface area contributed by atoms with Crippen molar-refractivity contribution in [2.45, 2.75) is 31.8 Å². The molecule has 3 aliphatic rings. The second-order valence-electron chi connectivity index (χ2n) is 8.42. The Labute approximate surface area is 176 Å². The van der Waals surface area contributed by atoms with E-state index in [9.17, 15) is 0 Å². The van der Waals surface area contributed by atoms with Crippen LogP contribution in [0.25, 0.3) is 11.5 Å². The largest absolute Gasteiger partial charge is 0.465 e. The van der Waals surface area contributed by atoms with E-state index in [1.54, 1.807) is 6.33 Å². The smallest absolute Gasteiger partial charge is 0.236 e. The molecule has 2 unspecified atom stereocenters. The molecule has 0 saturated heterocycles. The molecule has 0 saturated carbocycles. The fourth-order valence-corrected chi connectivity index (χ4v) is 5.11. The minimum atomic E-state index is -1.81. The van der Waals surface area contributed by atoms with Gasteiger partial charge in [0.05, 0.1) is 6.33 Å². The zero-order valence-electron chi connectivity index (χ0n) is 17.2. The Morgan fingerprint density at radius 1 is 0.833 bits per heavy atom. The topological polar surface area (TPSA) is 65.2 Å². The molecule has 2 atom stereocenters. The van der Waals surface area contributed by atoms with Gasteiger partial charge >= 0.3 is 0 Å². The summed E-state index contributed by atoms with van der Waals surface area (Å²) in [6.45, 7) is 6.79. The zero-order chi connectivity index (χ0) is 20.7. The monoisotopic (exact) mass is 413 g/mol. The third-order valence-electron chi connectivity index (χ3n) is 5.32. The molecule has 2 aromatic carbocycles. The van der Waals surface area contributed by atoms with E-state index in [0.717, 1.165) is 22.5 Å². The Bertz CT molecular complexity index is 1170. The van der Waals surface area contributed by atoms with Crippen LogP contribution in [-0.2, 0) is 4.74 Å². The van der Waals surface area contributed by atoms with E-state index < -0.39 is 8.24 Å². The first kappa shape index (κ1) is 18.7. The lowest BCUT2D eigenvalue weighted by atomic mass is 9.97. The lowest BCUT2D eigenvalue weighted by molar-refractivity contribution is 0.196. The highest BCUT2D eigenvalue weighted by Crippen LogP contribution is 2.42. The number of hydrogen-bond acceptors (Lipinski definition) is 5. The molecule has 0 aliphatic carbocycles. The number of benzene rings is 2. The maximum atomic E-state index is 6.57. The summed E-state index contributed by atoms with van der Waals surface area (Å²) in [6, 6.07) is 20.5. The minimum Gasteiger partial charge on any atom is -0.465 e. The molecule has 7 heteroatoms. The maximum Gasteiger partial charge on any atom is 0.236 e. The van der Waals surface area contributed by atoms with Gasteiger partial charge in [0.2, 0.25) is 5.90 Å². The van der Waals surface area contributed by atoms with E-state index in [-0.39, 0.29) is 12.1 Å². The van der Waals surface area contributed by atoms with Gasteiger partial charge in [-0.2, -0.15) is 0 Å². The summed E-state index contributed by atoms with van der Waals surface area (Å²) in [6.07, 6.45) is 3.21. The SMILES string of the molecule is C[Si](C)(C)n1cnc2ncnc-2c1C1=NC(c2ccccc2)C(c2ccccc2)O1. The van der Waals surface area contributed by atoms with Crippen molar-refractivity contribution in [1.29, 1.82) is 0 Å². The summed E-state index contributed by atoms with van der Waals surface area (Å²) in [5.74, 6) is 1.22. The van der Waals surface area contributed by atoms with Crippen LogP contribution in [0.15, 0.2) is 78.3 Å². The minimum absolute atomic E-state index is 0.134. The van der Waals surface area contributed by atoms with E-state index in [2.05, 4.69) is 63.1 Å². The van der Waals surface area contributed by atoms with Gasteiger partial charge in [0.25, 0.3) is 0 Å². The van der Waals surface area contributed by atoms with Crippen LogP contribution in [0.4, 0.5) is 0 Å². The van der Waals surface area contributed by atoms with Crippen molar-refractivity contribution in [3.05, 3.63) is 90.1 Å². The number of aliphatic imine (C=N–C) groups is 1. The maximum absolute atomic E-state index is 6.57. The number of rotatable bonds is 4. The molecule has 5 rings (SSSR count). The zero-order valence-corrected chi connectivity index (χ0v) is 18.2. The predicted molar refractivity (Wildman–Crippen MR) is 119 cm³/mol. The Morgan fingerprint density at radius 2 is 1.50 bits per heavy atom. The molecule has 30 heavy (non-hydrogen) atoms. The normalized spacial score (nSPS) is 19.0. The average molecular weight is 414 g/mol. The van der Waals surface area contributed by atoms with Crippen LogP contribution in [0.3, 0.4) is 0 Å². The van der Waals surface area contributed by atoms with Crippen LogP contribution in [0.1, 0.15) is 29.0 Å². The number of fused-ring (bicyclic) bond motifs is 1. The quantitative estimate of drug-likeness (QED) is 0.454. The lowest BCUT2D eigenvalue weighted by Gasteiger charge is -2.26. The van der Waals surface area contributed by atoms with Crippen molar-refractivity contribution < 1.29 is 4.74 Å². The first-order valence-corrected chi connectivity index (χ1v) is 13.5. The Morgan fingerprint density at radius 3 is 2.17 bits per heavy atom. The number of nitrogens with zero attached hydrogens (tertiary/aromatic N) is 5. The van der Waals surface area contributed by atoms with Crippen LogP contribution in [0.2, 0.25) is 19.6 Å². The molecule has 2 aromatic rings. The van der Waals surface area contributed by atoms with E-state index in [0.29, 0.717) is 11.7 Å². The predicted octanol–water partition coefficient (Wildman–Crippen LogP) is 4.72. The molecule has 0 fully saturated rings. The van der Waals surface area contributed by atoms with Crippen molar-refractivity contribution >= 4 is 14.1 Å². The van der Waals surface area contributed by atoms with Gasteiger partial charge in [-0.3, -0.25) is 0 Å². The van der Waals surface area contributed by atoms with Gasteiger partial charge < -0.3 is 8.97 Å². The second kappa shape index (κ2) is 7.18. The van der Waals surface area contributed by atoms with Gasteiger partial charge in [0.15, 0.2) is 20.2 Å². The van der Waals surface area contributed by atoms with E-state index in [1.165, 1.54) is 0 Å². The number of aromatic nitrogens is 4. The van der Waals surface area contributed by atoms with Crippen LogP contribution in [0, 0.1) is 0 Å². The Kier molecular flexibility index (Phi) is 4.47. The Hall–Kier alpha value is -3.32. The molecule has 150 valence electrons.